The number of fused-ring (bicyclic) bond motifs is 2. The molecule has 57 heavy (non-hydrogen) atoms. The van der Waals surface area contributed by atoms with Gasteiger partial charge in [0.05, 0.1) is 19.5 Å². The van der Waals surface area contributed by atoms with Crippen LogP contribution >= 0.6 is 34.8 Å². The van der Waals surface area contributed by atoms with E-state index in [0.717, 1.165) is 50.9 Å². The van der Waals surface area contributed by atoms with Crippen molar-refractivity contribution < 1.29 is 71.2 Å². The Morgan fingerprint density at radius 3 is 1.93 bits per heavy atom. The number of nitrogens with zero attached hydrogens (tertiary/aromatic N) is 2. The van der Waals surface area contributed by atoms with E-state index in [4.69, 9.17) is 61.3 Å². The van der Waals surface area contributed by atoms with Gasteiger partial charge in [-0.3, -0.25) is 19.4 Å². The van der Waals surface area contributed by atoms with Crippen molar-refractivity contribution in [2.75, 3.05) is 19.5 Å². The number of carboxylic acids is 1. The molecule has 0 unspecified atom stereocenters. The minimum atomic E-state index is -0.833. The summed E-state index contributed by atoms with van der Waals surface area (Å²) < 4.78 is 4.91. The van der Waals surface area contributed by atoms with Gasteiger partial charge in [-0.1, -0.05) is 71.7 Å². The molecule has 0 aliphatic carbocycles. The third-order valence-electron chi connectivity index (χ3n) is 6.98. The van der Waals surface area contributed by atoms with Gasteiger partial charge in [-0.05, 0) is 69.9 Å². The molecule has 0 saturated carbocycles. The van der Waals surface area contributed by atoms with Crippen molar-refractivity contribution in [3.05, 3.63) is 155 Å². The molecule has 2 heterocycles. The fourth-order valence-corrected chi connectivity index (χ4v) is 5.17. The smallest absolute Gasteiger partial charge is 1.00 e. The van der Waals surface area contributed by atoms with Crippen LogP contribution in [0.5, 0.6) is 5.75 Å². The maximum absolute atomic E-state index is 12.1. The van der Waals surface area contributed by atoms with Gasteiger partial charge < -0.3 is 45.6 Å². The van der Waals surface area contributed by atoms with Crippen molar-refractivity contribution in [3.63, 3.8) is 0 Å². The van der Waals surface area contributed by atoms with Crippen LogP contribution in [0.4, 0.5) is 0 Å². The summed E-state index contributed by atoms with van der Waals surface area (Å²) >= 11 is 17.1. The second-order valence-corrected chi connectivity index (χ2v) is 12.3. The number of ether oxygens (including phenoxy) is 1. The van der Waals surface area contributed by atoms with Gasteiger partial charge in [0, 0.05) is 74.0 Å². The summed E-state index contributed by atoms with van der Waals surface area (Å²) in [5.74, 6) is 0.266. The van der Waals surface area contributed by atoms with Crippen LogP contribution in [0.1, 0.15) is 23.6 Å². The molecule has 6 N–H and O–H groups in total. The molecular weight excluding hydrogens is 818 g/mol. The molecule has 0 aliphatic rings. The van der Waals surface area contributed by atoms with Gasteiger partial charge in [0.15, 0.2) is 24.0 Å². The van der Waals surface area contributed by atoms with E-state index in [1.807, 2.05) is 110 Å². The van der Waals surface area contributed by atoms with Crippen molar-refractivity contribution in [1.82, 2.24) is 16.5 Å². The number of carboxylic acid groups (broad SMARTS) is 1. The standard InChI is InChI=1S/C19H17ClN2O.C12H10ClNO.C7H7ClO.C2H4O2.CN.B.ClH.H3N.Na/c20-18-3-1-2-15(9-18)11-22-13-19(23)10-14-4-5-17-12-21-7-6-16(17)8-14;13-7-12(15)6-9-1-2-11-8-14-4-3-10(11)5-9;1-9-7-4-2-3-6(8)5-7;1-2(3)4;1-2;;;;/h1-9,12,22H,10-11,13H2;1-5,8H,6-7H2;2-5H,1H3;1H3,(H,3,4);;;1H;1H3;/q;;;;-1;;;;+1. The molecule has 6 aromatic rings. The van der Waals surface area contributed by atoms with E-state index in [1.54, 1.807) is 19.4 Å². The number of hydrogen-bond donors (Lipinski definition) is 3. The summed E-state index contributed by atoms with van der Waals surface area (Å²) in [5.41, 5.74) is 3.11. The Morgan fingerprint density at radius 1 is 0.807 bits per heavy atom. The van der Waals surface area contributed by atoms with Gasteiger partial charge in [0.25, 0.3) is 5.97 Å². The number of nitrogens with one attached hydrogen (secondary N) is 2. The normalized spacial score (nSPS) is 9.04. The molecule has 0 amide bonds. The van der Waals surface area contributed by atoms with Crippen molar-refractivity contribution in [3.8, 4) is 5.75 Å². The van der Waals surface area contributed by atoms with Crippen LogP contribution in [0.2, 0.25) is 10.0 Å². The Kier molecular flexibility index (Phi) is 33.1. The first-order valence-electron chi connectivity index (χ1n) is 16.0. The minimum absolute atomic E-state index is 0. The number of hydrogen-bond acceptors (Lipinski definition) is 8. The first-order valence-corrected chi connectivity index (χ1v) is 17.3. The zero-order chi connectivity index (χ0) is 39.0. The molecule has 293 valence electrons. The second-order valence-electron chi connectivity index (χ2n) is 11.1. The molecule has 3 radical (unpaired) electrons. The Balaban J connectivity index is -0.000000744. The van der Waals surface area contributed by atoms with E-state index in [2.05, 4.69) is 15.3 Å². The number of carbonyl (C=O) groups excluding carboxylic acids is 2. The number of H-pyrrole nitrogens is 1. The number of methoxy groups -OCH3 is 1. The topological polar surface area (TPSA) is 179 Å². The minimum Gasteiger partial charge on any atom is -1.00 e. The molecule has 6 rings (SSSR count). The Labute approximate surface area is 379 Å². The number of halogens is 4. The Morgan fingerprint density at radius 2 is 1.37 bits per heavy atom. The number of aromatic amines is 1. The molecular formula is C41H42BCl4N5NaO5. The average molecular weight is 860 g/mol. The fourth-order valence-electron chi connectivity index (χ4n) is 4.68. The summed E-state index contributed by atoms with van der Waals surface area (Å²) in [7, 11) is 1.62. The molecule has 10 nitrogen and oxygen atoms in total. The van der Waals surface area contributed by atoms with Crippen LogP contribution < -0.4 is 63.2 Å². The van der Waals surface area contributed by atoms with Gasteiger partial charge in [0.1, 0.15) is 5.75 Å². The van der Waals surface area contributed by atoms with Crippen LogP contribution in [0.3, 0.4) is 0 Å². The molecule has 16 heteroatoms. The number of pyridine rings is 2. The van der Waals surface area contributed by atoms with Crippen LogP contribution in [0, 0.1) is 11.8 Å². The van der Waals surface area contributed by atoms with Crippen molar-refractivity contribution in [2.24, 2.45) is 0 Å². The van der Waals surface area contributed by atoms with E-state index in [1.165, 1.54) is 0 Å². The molecule has 0 bridgehead atoms. The summed E-state index contributed by atoms with van der Waals surface area (Å²) in [4.78, 5) is 39.4. The quantitative estimate of drug-likeness (QED) is 0.106. The summed E-state index contributed by atoms with van der Waals surface area (Å²) in [6, 6.07) is 30.9. The Bertz CT molecular complexity index is 2110. The van der Waals surface area contributed by atoms with Gasteiger partial charge in [-0.25, -0.2) is 4.98 Å². The van der Waals surface area contributed by atoms with E-state index in [0.29, 0.717) is 36.0 Å². The predicted molar refractivity (Wildman–Crippen MR) is 221 cm³/mol. The predicted octanol–water partition coefficient (Wildman–Crippen LogP) is 2.12. The zero-order valence-corrected chi connectivity index (χ0v) is 36.9. The van der Waals surface area contributed by atoms with Crippen molar-refractivity contribution in [1.29, 1.82) is 5.26 Å². The fraction of sp³-hybridized carbons (Fsp3) is 0.171. The summed E-state index contributed by atoms with van der Waals surface area (Å²) in [6.45, 7) is 6.82. The molecule has 4 aromatic carbocycles. The second kappa shape index (κ2) is 33.0. The van der Waals surface area contributed by atoms with Crippen LogP contribution in [0.25, 0.3) is 21.5 Å². The van der Waals surface area contributed by atoms with E-state index in [-0.39, 0.29) is 74.0 Å². The average Bonchev–Trinajstić information content (AvgIpc) is 3.16. The van der Waals surface area contributed by atoms with E-state index in [9.17, 15) is 9.59 Å². The number of rotatable bonds is 10. The number of ketones is 2. The molecule has 0 spiro atoms. The monoisotopic (exact) mass is 858 g/mol. The Hall–Kier alpha value is -4.06. The van der Waals surface area contributed by atoms with Crippen LogP contribution in [0.15, 0.2) is 122 Å². The number of aromatic nitrogens is 2. The van der Waals surface area contributed by atoms with Gasteiger partial charge in [-0.2, -0.15) is 0 Å². The number of aliphatic carboxylic acids is 1. The molecule has 0 saturated heterocycles. The zero-order valence-electron chi connectivity index (χ0n) is 31.9. The molecule has 2 aromatic heterocycles. The van der Waals surface area contributed by atoms with Crippen molar-refractivity contribution in [2.45, 2.75) is 26.3 Å². The molecule has 0 fully saturated rings. The van der Waals surface area contributed by atoms with Gasteiger partial charge in [-0.15, -0.1) is 11.6 Å². The number of Topliss-reactive ketones (excluding diaryl/α,β-unsaturated/α-hetero) is 2. The van der Waals surface area contributed by atoms with Crippen molar-refractivity contribution >= 4 is 82.3 Å². The molecule has 0 aliphatic heterocycles. The summed E-state index contributed by atoms with van der Waals surface area (Å²) in [5, 5.41) is 22.7. The third kappa shape index (κ3) is 23.7. The first-order chi connectivity index (χ1) is 25.6. The van der Waals surface area contributed by atoms with Crippen LogP contribution in [-0.4, -0.2) is 55.6 Å². The SMILES string of the molecule is CC(=O)O.COc1cccc(Cl)c1.N.O=C(CCl)Cc1ccc2c[nH+]ccc2c1.O=C(CNCc1cccc(Cl)c1)Cc1ccc2cnccc2c1.[B].[C-]#N.[Cl-].[Na+]. The first kappa shape index (κ1) is 57.3. The van der Waals surface area contributed by atoms with Crippen LogP contribution in [-0.2, 0) is 33.8 Å². The third-order valence-corrected chi connectivity index (χ3v) is 7.75. The number of carbonyl (C=O) groups is 3. The number of alkyl halides is 1. The maximum Gasteiger partial charge on any atom is 1.00 e. The maximum atomic E-state index is 12.1. The van der Waals surface area contributed by atoms with Gasteiger partial charge in [0.2, 0.25) is 0 Å². The molecule has 0 atom stereocenters. The summed E-state index contributed by atoms with van der Waals surface area (Å²) in [6.07, 6.45) is 8.24. The number of benzene rings is 4. The largest absolute Gasteiger partial charge is 1.00 e. The van der Waals surface area contributed by atoms with E-state index >= 15 is 0 Å². The van der Waals surface area contributed by atoms with Gasteiger partial charge >= 0.3 is 29.6 Å². The van der Waals surface area contributed by atoms with E-state index < -0.39 is 5.97 Å².